The molecule has 0 aromatic heterocycles. The molecule has 0 aliphatic carbocycles. The number of nitrogens with one attached hydrogen (secondary N) is 1. The van der Waals surface area contributed by atoms with Gasteiger partial charge in [-0.3, -0.25) is 4.79 Å². The third kappa shape index (κ3) is 8.14. The summed E-state index contributed by atoms with van der Waals surface area (Å²) < 4.78 is 59.8. The van der Waals surface area contributed by atoms with Gasteiger partial charge in [0.05, 0.1) is 11.1 Å². The fourth-order valence-corrected chi connectivity index (χ4v) is 4.11. The van der Waals surface area contributed by atoms with Gasteiger partial charge in [-0.05, 0) is 57.3 Å². The number of rotatable bonds is 12. The number of aliphatic carboxylic acids is 1. The van der Waals surface area contributed by atoms with E-state index in [9.17, 15) is 27.1 Å². The third-order valence-corrected chi connectivity index (χ3v) is 6.14. The highest BCUT2D eigenvalue weighted by Gasteiger charge is 2.28. The number of ether oxygens (including phenoxy) is 1. The Kier molecular flexibility index (Phi) is 9.37. The summed E-state index contributed by atoms with van der Waals surface area (Å²) in [7, 11) is -4.66. The minimum absolute atomic E-state index is 0.192. The summed E-state index contributed by atoms with van der Waals surface area (Å²) >= 11 is 2.75. The number of carbonyl (C=O) groups is 1. The van der Waals surface area contributed by atoms with Crippen molar-refractivity contribution in [2.24, 2.45) is 16.6 Å². The molecule has 2 aromatic rings. The van der Waals surface area contributed by atoms with Gasteiger partial charge in [0.2, 0.25) is 16.0 Å². The SMILES string of the molecule is NC(N)=NOCCCOc1ccc(CC(NS(=O)(=O)c2cc(F)c(Br)cc2F)C(=O)O)cc1. The van der Waals surface area contributed by atoms with Gasteiger partial charge in [0.25, 0.3) is 0 Å². The van der Waals surface area contributed by atoms with E-state index in [0.717, 1.165) is 0 Å². The summed E-state index contributed by atoms with van der Waals surface area (Å²) in [5, 5.41) is 12.8. The van der Waals surface area contributed by atoms with Crippen LogP contribution in [0.25, 0.3) is 0 Å². The molecule has 0 spiro atoms. The van der Waals surface area contributed by atoms with E-state index in [4.69, 9.17) is 21.0 Å². The van der Waals surface area contributed by atoms with Crippen LogP contribution in [0, 0.1) is 11.6 Å². The van der Waals surface area contributed by atoms with E-state index in [2.05, 4.69) is 21.1 Å². The molecule has 0 aliphatic rings. The first-order valence-corrected chi connectivity index (χ1v) is 11.6. The summed E-state index contributed by atoms with van der Waals surface area (Å²) in [6.45, 7) is 0.533. The molecule has 6 N–H and O–H groups in total. The highest BCUT2D eigenvalue weighted by atomic mass is 79.9. The zero-order valence-corrected chi connectivity index (χ0v) is 19.4. The van der Waals surface area contributed by atoms with Crippen LogP contribution >= 0.6 is 15.9 Å². The topological polar surface area (TPSA) is 166 Å². The first-order valence-electron chi connectivity index (χ1n) is 9.32. The normalized spacial score (nSPS) is 12.1. The lowest BCUT2D eigenvalue weighted by atomic mass is 10.1. The van der Waals surface area contributed by atoms with Gasteiger partial charge in [-0.2, -0.15) is 4.72 Å². The predicted molar refractivity (Wildman–Crippen MR) is 118 cm³/mol. The van der Waals surface area contributed by atoms with Crippen LogP contribution < -0.4 is 20.9 Å². The maximum atomic E-state index is 14.1. The number of hydrogen-bond acceptors (Lipinski definition) is 6. The van der Waals surface area contributed by atoms with Crippen molar-refractivity contribution in [3.05, 3.63) is 58.1 Å². The van der Waals surface area contributed by atoms with Crippen molar-refractivity contribution in [3.63, 3.8) is 0 Å². The number of oxime groups is 1. The lowest BCUT2D eigenvalue weighted by Crippen LogP contribution is -2.42. The molecule has 14 heteroatoms. The molecule has 2 rings (SSSR count). The maximum absolute atomic E-state index is 14.1. The summed E-state index contributed by atoms with van der Waals surface area (Å²) in [6.07, 6.45) is 0.246. The second-order valence-electron chi connectivity index (χ2n) is 6.61. The summed E-state index contributed by atoms with van der Waals surface area (Å²) in [5.41, 5.74) is 10.7. The number of carboxylic acid groups (broad SMARTS) is 1. The quantitative estimate of drug-likeness (QED) is 0.102. The minimum Gasteiger partial charge on any atom is -0.493 e. The van der Waals surface area contributed by atoms with Gasteiger partial charge in [0, 0.05) is 6.42 Å². The van der Waals surface area contributed by atoms with Crippen LogP contribution in [0.5, 0.6) is 5.75 Å². The van der Waals surface area contributed by atoms with Crippen molar-refractivity contribution in [3.8, 4) is 5.75 Å². The molecule has 0 radical (unpaired) electrons. The molecule has 2 aromatic carbocycles. The summed E-state index contributed by atoms with van der Waals surface area (Å²) in [5.74, 6) is -3.44. The first-order chi connectivity index (χ1) is 15.5. The van der Waals surface area contributed by atoms with Gasteiger partial charge in [0.1, 0.15) is 34.9 Å². The van der Waals surface area contributed by atoms with Gasteiger partial charge in [-0.1, -0.05) is 12.1 Å². The Morgan fingerprint density at radius 1 is 1.15 bits per heavy atom. The number of carboxylic acids is 1. The molecule has 0 saturated carbocycles. The van der Waals surface area contributed by atoms with Gasteiger partial charge in [-0.25, -0.2) is 17.2 Å². The average Bonchev–Trinajstić information content (AvgIpc) is 2.73. The monoisotopic (exact) mass is 550 g/mol. The number of guanidine groups is 1. The molecule has 1 atom stereocenters. The fourth-order valence-electron chi connectivity index (χ4n) is 2.53. The Bertz CT molecular complexity index is 1110. The lowest BCUT2D eigenvalue weighted by molar-refractivity contribution is -0.138. The Hall–Kier alpha value is -2.97. The van der Waals surface area contributed by atoms with Crippen molar-refractivity contribution in [2.75, 3.05) is 13.2 Å². The van der Waals surface area contributed by atoms with Crippen LogP contribution in [-0.4, -0.2) is 44.7 Å². The van der Waals surface area contributed by atoms with Crippen molar-refractivity contribution >= 4 is 37.9 Å². The predicted octanol–water partition coefficient (Wildman–Crippen LogP) is 1.68. The van der Waals surface area contributed by atoms with Crippen LogP contribution in [0.2, 0.25) is 0 Å². The molecular weight excluding hydrogens is 530 g/mol. The van der Waals surface area contributed by atoms with Gasteiger partial charge in [0.15, 0.2) is 0 Å². The number of sulfonamides is 1. The van der Waals surface area contributed by atoms with Crippen molar-refractivity contribution in [1.29, 1.82) is 0 Å². The molecule has 180 valence electrons. The molecule has 0 fully saturated rings. The number of halogens is 3. The Morgan fingerprint density at radius 3 is 2.42 bits per heavy atom. The Morgan fingerprint density at radius 2 is 1.82 bits per heavy atom. The van der Waals surface area contributed by atoms with Crippen LogP contribution in [0.1, 0.15) is 12.0 Å². The lowest BCUT2D eigenvalue weighted by Gasteiger charge is -2.16. The van der Waals surface area contributed by atoms with Crippen molar-refractivity contribution < 1.29 is 36.7 Å². The van der Waals surface area contributed by atoms with Gasteiger partial charge < -0.3 is 26.1 Å². The molecule has 0 amide bonds. The van der Waals surface area contributed by atoms with Crippen molar-refractivity contribution in [2.45, 2.75) is 23.8 Å². The zero-order chi connectivity index (χ0) is 24.6. The molecule has 10 nitrogen and oxygen atoms in total. The Labute approximate surface area is 196 Å². The number of hydrogen-bond donors (Lipinski definition) is 4. The number of benzene rings is 2. The largest absolute Gasteiger partial charge is 0.493 e. The molecule has 0 aliphatic heterocycles. The van der Waals surface area contributed by atoms with Crippen molar-refractivity contribution in [1.82, 2.24) is 4.72 Å². The second-order valence-corrected chi connectivity index (χ2v) is 9.15. The number of nitrogens with zero attached hydrogens (tertiary/aromatic N) is 1. The highest BCUT2D eigenvalue weighted by molar-refractivity contribution is 9.10. The first kappa shape index (κ1) is 26.3. The van der Waals surface area contributed by atoms with Crippen LogP contribution in [0.4, 0.5) is 8.78 Å². The third-order valence-electron chi connectivity index (χ3n) is 4.04. The summed E-state index contributed by atoms with van der Waals surface area (Å²) in [6, 6.07) is 5.73. The van der Waals surface area contributed by atoms with Gasteiger partial charge in [-0.15, -0.1) is 0 Å². The summed E-state index contributed by atoms with van der Waals surface area (Å²) in [4.78, 5) is 15.4. The van der Waals surface area contributed by atoms with E-state index in [1.807, 2.05) is 4.72 Å². The molecule has 33 heavy (non-hydrogen) atoms. The Balaban J connectivity index is 2.00. The second kappa shape index (κ2) is 11.8. The molecule has 1 unspecified atom stereocenters. The molecule has 0 bridgehead atoms. The van der Waals surface area contributed by atoms with Crippen LogP contribution in [0.15, 0.2) is 50.9 Å². The average molecular weight is 551 g/mol. The van der Waals surface area contributed by atoms with E-state index in [-0.39, 0.29) is 23.5 Å². The fraction of sp³-hybridized carbons (Fsp3) is 0.263. The maximum Gasteiger partial charge on any atom is 0.322 e. The molecular formula is C19H21BrF2N4O6S. The minimum atomic E-state index is -4.66. The smallest absolute Gasteiger partial charge is 0.322 e. The van der Waals surface area contributed by atoms with E-state index < -0.39 is 38.6 Å². The van der Waals surface area contributed by atoms with E-state index >= 15 is 0 Å². The molecule has 0 saturated heterocycles. The highest BCUT2D eigenvalue weighted by Crippen LogP contribution is 2.23. The zero-order valence-electron chi connectivity index (χ0n) is 17.0. The van der Waals surface area contributed by atoms with E-state index in [1.165, 1.54) is 0 Å². The van der Waals surface area contributed by atoms with Gasteiger partial charge >= 0.3 is 5.97 Å². The number of nitrogens with two attached hydrogens (primary N) is 2. The van der Waals surface area contributed by atoms with Crippen LogP contribution in [-0.2, 0) is 26.1 Å². The molecule has 0 heterocycles. The van der Waals surface area contributed by atoms with E-state index in [0.29, 0.717) is 36.5 Å². The standard InChI is InChI=1S/C19H21BrF2N4O6S/c20-13-9-15(22)17(10-14(13)21)33(29,30)26-16(18(27)28)8-11-2-4-12(5-3-11)31-6-1-7-32-25-19(23)24/h2-5,9-10,16,26H,1,6-8H2,(H,27,28)(H4,23,24,25). The van der Waals surface area contributed by atoms with E-state index in [1.54, 1.807) is 24.3 Å². The van der Waals surface area contributed by atoms with Crippen LogP contribution in [0.3, 0.4) is 0 Å².